The third-order valence-electron chi connectivity index (χ3n) is 6.23. The molecule has 0 spiro atoms. The molecule has 0 fully saturated rings. The first-order valence-electron chi connectivity index (χ1n) is 11.5. The monoisotopic (exact) mass is 448 g/mol. The summed E-state index contributed by atoms with van der Waals surface area (Å²) < 4.78 is 24.5. The highest BCUT2D eigenvalue weighted by Crippen LogP contribution is 2.43. The van der Waals surface area contributed by atoms with Crippen LogP contribution in [-0.2, 0) is 20.5 Å². The number of hydrogen-bond donors (Lipinski definition) is 0. The van der Waals surface area contributed by atoms with E-state index in [1.165, 1.54) is 0 Å². The van der Waals surface area contributed by atoms with Crippen LogP contribution in [0.3, 0.4) is 0 Å². The highest BCUT2D eigenvalue weighted by molar-refractivity contribution is 6.77. The summed E-state index contributed by atoms with van der Waals surface area (Å²) in [6, 6.07) is 7.99. The lowest BCUT2D eigenvalue weighted by atomic mass is 10.0. The molecular weight excluding hydrogens is 404 g/mol. The van der Waals surface area contributed by atoms with Gasteiger partial charge in [-0.15, -0.1) is 5.92 Å². The van der Waals surface area contributed by atoms with Gasteiger partial charge < -0.3 is 18.6 Å². The van der Waals surface area contributed by atoms with Crippen molar-refractivity contribution >= 4 is 8.32 Å². The van der Waals surface area contributed by atoms with Crippen LogP contribution in [0.5, 0.6) is 5.75 Å². The number of methoxy groups -OCH3 is 2. The van der Waals surface area contributed by atoms with Crippen LogP contribution < -0.4 is 4.74 Å². The molecule has 31 heavy (non-hydrogen) atoms. The second-order valence-corrected chi connectivity index (χ2v) is 14.6. The van der Waals surface area contributed by atoms with Crippen molar-refractivity contribution in [2.24, 2.45) is 5.92 Å². The van der Waals surface area contributed by atoms with E-state index in [1.54, 1.807) is 14.2 Å². The van der Waals surface area contributed by atoms with Crippen LogP contribution in [0.4, 0.5) is 0 Å². The van der Waals surface area contributed by atoms with Gasteiger partial charge in [0.2, 0.25) is 8.32 Å². The Hall–Kier alpha value is -1.32. The minimum absolute atomic E-state index is 0.0292. The number of benzene rings is 1. The summed E-state index contributed by atoms with van der Waals surface area (Å²) in [5.74, 6) is 7.22. The number of ether oxygens (including phenoxy) is 3. The molecule has 0 radical (unpaired) electrons. The molecule has 5 heteroatoms. The molecule has 1 aromatic rings. The van der Waals surface area contributed by atoms with Crippen molar-refractivity contribution in [1.82, 2.24) is 0 Å². The molecule has 1 aromatic carbocycles. The van der Waals surface area contributed by atoms with Crippen molar-refractivity contribution in [2.75, 3.05) is 20.8 Å². The zero-order chi connectivity index (χ0) is 23.6. The topological polar surface area (TPSA) is 36.9 Å². The summed E-state index contributed by atoms with van der Waals surface area (Å²) in [5.41, 5.74) is 2.56. The molecule has 1 rings (SSSR count). The Kier molecular flexibility index (Phi) is 11.9. The Morgan fingerprint density at radius 1 is 0.871 bits per heavy atom. The summed E-state index contributed by atoms with van der Waals surface area (Å²) in [6.45, 7) is 18.8. The van der Waals surface area contributed by atoms with E-state index in [4.69, 9.17) is 18.6 Å². The normalized spacial score (nSPS) is 15.0. The van der Waals surface area contributed by atoms with Crippen LogP contribution in [0.15, 0.2) is 24.3 Å². The van der Waals surface area contributed by atoms with Crippen molar-refractivity contribution < 1.29 is 18.6 Å². The molecule has 0 aliphatic carbocycles. The second kappa shape index (κ2) is 13.3. The Morgan fingerprint density at radius 3 is 1.84 bits per heavy atom. The summed E-state index contributed by atoms with van der Waals surface area (Å²) in [6.07, 6.45) is -0.351. The number of hydrogen-bond acceptors (Lipinski definition) is 4. The lowest BCUT2D eigenvalue weighted by Crippen LogP contribution is -2.54. The van der Waals surface area contributed by atoms with Gasteiger partial charge in [-0.2, -0.15) is 0 Å². The highest BCUT2D eigenvalue weighted by Gasteiger charge is 2.48. The minimum Gasteiger partial charge on any atom is -0.497 e. The number of rotatable bonds is 13. The van der Waals surface area contributed by atoms with Gasteiger partial charge in [0.15, 0.2) is 0 Å². The first-order chi connectivity index (χ1) is 14.6. The molecule has 0 saturated heterocycles. The van der Waals surface area contributed by atoms with E-state index < -0.39 is 8.32 Å². The van der Waals surface area contributed by atoms with Gasteiger partial charge in [-0.1, -0.05) is 59.6 Å². The van der Waals surface area contributed by atoms with E-state index in [9.17, 15) is 0 Å². The van der Waals surface area contributed by atoms with Gasteiger partial charge in [0, 0.05) is 13.0 Å². The van der Waals surface area contributed by atoms with Crippen molar-refractivity contribution in [1.29, 1.82) is 0 Å². The minimum atomic E-state index is -2.10. The van der Waals surface area contributed by atoms with Crippen LogP contribution in [0, 0.1) is 17.8 Å². The zero-order valence-corrected chi connectivity index (χ0v) is 22.3. The molecular formula is C26H44O4Si. The molecule has 0 unspecified atom stereocenters. The average molecular weight is 449 g/mol. The van der Waals surface area contributed by atoms with E-state index in [1.807, 2.05) is 31.2 Å². The Bertz CT molecular complexity index is 666. The Labute approximate surface area is 192 Å². The van der Waals surface area contributed by atoms with Gasteiger partial charge in [-0.05, 0) is 48.2 Å². The Balaban J connectivity index is 3.23. The van der Waals surface area contributed by atoms with E-state index >= 15 is 0 Å². The van der Waals surface area contributed by atoms with Crippen LogP contribution in [0.25, 0.3) is 0 Å². The van der Waals surface area contributed by atoms with Crippen LogP contribution in [0.1, 0.15) is 61.0 Å². The third kappa shape index (κ3) is 7.35. The van der Waals surface area contributed by atoms with Crippen molar-refractivity contribution in [3.63, 3.8) is 0 Å². The maximum Gasteiger partial charge on any atom is 0.201 e. The van der Waals surface area contributed by atoms with Gasteiger partial charge in [0.25, 0.3) is 0 Å². The maximum atomic E-state index is 7.12. The Morgan fingerprint density at radius 2 is 1.42 bits per heavy atom. The van der Waals surface area contributed by atoms with Gasteiger partial charge in [0.05, 0.1) is 32.5 Å². The van der Waals surface area contributed by atoms with E-state index in [0.29, 0.717) is 29.8 Å². The molecule has 176 valence electrons. The fraction of sp³-hybridized carbons (Fsp3) is 0.692. The van der Waals surface area contributed by atoms with Crippen molar-refractivity contribution in [3.05, 3.63) is 29.8 Å². The smallest absolute Gasteiger partial charge is 0.201 e. The van der Waals surface area contributed by atoms with Gasteiger partial charge in [0.1, 0.15) is 5.75 Å². The summed E-state index contributed by atoms with van der Waals surface area (Å²) in [4.78, 5) is 0. The van der Waals surface area contributed by atoms with Crippen LogP contribution in [0.2, 0.25) is 16.6 Å². The SMILES string of the molecule is CC#C[C@@H](C)[C@H](OCc1ccc(OC)cc1)[C@H](COC)O[Si](C(C)C)(C(C)C)C(C)C. The lowest BCUT2D eigenvalue weighted by Gasteiger charge is -2.46. The van der Waals surface area contributed by atoms with Gasteiger partial charge >= 0.3 is 0 Å². The quantitative estimate of drug-likeness (QED) is 0.257. The molecule has 3 atom stereocenters. The van der Waals surface area contributed by atoms with Gasteiger partial charge in [-0.25, -0.2) is 0 Å². The summed E-state index contributed by atoms with van der Waals surface area (Å²) >= 11 is 0. The molecule has 0 heterocycles. The molecule has 0 aliphatic heterocycles. The molecule has 4 nitrogen and oxygen atoms in total. The van der Waals surface area contributed by atoms with Crippen molar-refractivity contribution in [2.45, 2.75) is 90.8 Å². The average Bonchev–Trinajstić information content (AvgIpc) is 2.71. The standard InChI is InChI=1S/C26H44O4Si/c1-11-12-22(8)26(29-17-23-13-15-24(28-10)16-14-23)25(18-27-9)30-31(19(2)3,20(4)5)21(6)7/h13-16,19-22,25-26H,17-18H2,1-10H3/t22-,25+,26+/m1/s1. The highest BCUT2D eigenvalue weighted by atomic mass is 28.4. The largest absolute Gasteiger partial charge is 0.497 e. The van der Waals surface area contributed by atoms with Gasteiger partial charge in [-0.3, -0.25) is 0 Å². The van der Waals surface area contributed by atoms with E-state index in [2.05, 4.69) is 60.3 Å². The first kappa shape index (κ1) is 27.7. The third-order valence-corrected chi connectivity index (χ3v) is 12.4. The molecule has 0 N–H and O–H groups in total. The fourth-order valence-electron chi connectivity index (χ4n) is 4.83. The fourth-order valence-corrected chi connectivity index (χ4v) is 10.4. The summed E-state index contributed by atoms with van der Waals surface area (Å²) in [5, 5.41) is 0. The van der Waals surface area contributed by atoms with Crippen LogP contribution in [-0.4, -0.2) is 41.4 Å². The molecule has 0 amide bonds. The zero-order valence-electron chi connectivity index (χ0n) is 21.3. The van der Waals surface area contributed by atoms with E-state index in [-0.39, 0.29) is 18.1 Å². The van der Waals surface area contributed by atoms with Crippen molar-refractivity contribution in [3.8, 4) is 17.6 Å². The second-order valence-electron chi connectivity index (χ2n) is 9.24. The first-order valence-corrected chi connectivity index (χ1v) is 13.6. The van der Waals surface area contributed by atoms with Crippen LogP contribution >= 0.6 is 0 Å². The summed E-state index contributed by atoms with van der Waals surface area (Å²) in [7, 11) is 1.30. The van der Waals surface area contributed by atoms with E-state index in [0.717, 1.165) is 11.3 Å². The lowest BCUT2D eigenvalue weighted by molar-refractivity contribution is -0.0802. The molecule has 0 bridgehead atoms. The predicted molar refractivity (Wildman–Crippen MR) is 132 cm³/mol. The molecule has 0 aromatic heterocycles. The molecule has 0 saturated carbocycles. The predicted octanol–water partition coefficient (Wildman–Crippen LogP) is 6.45. The molecule has 0 aliphatic rings. The maximum absolute atomic E-state index is 7.12.